The lowest BCUT2D eigenvalue weighted by Gasteiger charge is -2.09. The lowest BCUT2D eigenvalue weighted by atomic mass is 9.97. The van der Waals surface area contributed by atoms with Gasteiger partial charge in [-0.25, -0.2) is 0 Å². The molecule has 1 aromatic carbocycles. The first-order chi connectivity index (χ1) is 6.83. The number of aryl methyl sites for hydroxylation is 1. The van der Waals surface area contributed by atoms with Crippen LogP contribution >= 0.6 is 0 Å². The molecule has 2 rings (SSSR count). The van der Waals surface area contributed by atoms with E-state index in [0.29, 0.717) is 12.3 Å². The van der Waals surface area contributed by atoms with E-state index in [1.807, 2.05) is 19.2 Å². The van der Waals surface area contributed by atoms with Gasteiger partial charge in [-0.1, -0.05) is 24.3 Å². The minimum Gasteiger partial charge on any atom is -0.313 e. The molecule has 0 spiro atoms. The van der Waals surface area contributed by atoms with Gasteiger partial charge in [-0.05, 0) is 31.0 Å². The molecule has 0 aromatic heterocycles. The molecule has 0 bridgehead atoms. The van der Waals surface area contributed by atoms with E-state index in [1.54, 1.807) is 0 Å². The molecule has 1 aliphatic carbocycles. The number of ketones is 1. The maximum absolute atomic E-state index is 11.7. The number of hydrogen-bond acceptors (Lipinski definition) is 2. The van der Waals surface area contributed by atoms with E-state index in [1.165, 1.54) is 11.1 Å². The monoisotopic (exact) mass is 189 g/mol. The van der Waals surface area contributed by atoms with Crippen molar-refractivity contribution in [3.63, 3.8) is 0 Å². The molecule has 0 saturated carbocycles. The van der Waals surface area contributed by atoms with Crippen molar-refractivity contribution in [3.8, 4) is 0 Å². The number of nitrogens with one attached hydrogen (secondary N) is 1. The Morgan fingerprint density at radius 1 is 1.50 bits per heavy atom. The van der Waals surface area contributed by atoms with Gasteiger partial charge in [0.25, 0.3) is 0 Å². The fourth-order valence-corrected chi connectivity index (χ4v) is 2.19. The Labute approximate surface area is 84.3 Å². The molecule has 1 unspecified atom stereocenters. The molecule has 2 heteroatoms. The molecular formula is C12H15NO. The average Bonchev–Trinajstić information content (AvgIpc) is 2.61. The van der Waals surface area contributed by atoms with Crippen LogP contribution in [0.25, 0.3) is 0 Å². The van der Waals surface area contributed by atoms with Crippen LogP contribution in [-0.4, -0.2) is 19.4 Å². The van der Waals surface area contributed by atoms with E-state index in [4.69, 9.17) is 0 Å². The smallest absolute Gasteiger partial charge is 0.154 e. The number of hydrogen-bond donors (Lipinski definition) is 1. The standard InChI is InChI=1S/C12H15NO/c1-13-8-12(14)11-7-6-9-4-2-3-5-10(9)11/h2-5,11,13H,6-8H2,1H3. The van der Waals surface area contributed by atoms with E-state index in [0.717, 1.165) is 12.8 Å². The van der Waals surface area contributed by atoms with E-state index in [-0.39, 0.29) is 5.92 Å². The number of carbonyl (C=O) groups is 1. The first kappa shape index (κ1) is 9.41. The topological polar surface area (TPSA) is 29.1 Å². The molecule has 14 heavy (non-hydrogen) atoms. The Hall–Kier alpha value is -1.15. The van der Waals surface area contributed by atoms with Crippen LogP contribution in [0.3, 0.4) is 0 Å². The Morgan fingerprint density at radius 3 is 3.07 bits per heavy atom. The highest BCUT2D eigenvalue weighted by Gasteiger charge is 2.26. The molecule has 1 aliphatic rings. The van der Waals surface area contributed by atoms with Crippen molar-refractivity contribution >= 4 is 5.78 Å². The summed E-state index contributed by atoms with van der Waals surface area (Å²) >= 11 is 0. The van der Waals surface area contributed by atoms with Crippen molar-refractivity contribution in [3.05, 3.63) is 35.4 Å². The van der Waals surface area contributed by atoms with Gasteiger partial charge < -0.3 is 5.32 Å². The van der Waals surface area contributed by atoms with Crippen molar-refractivity contribution in [1.29, 1.82) is 0 Å². The van der Waals surface area contributed by atoms with Crippen LogP contribution in [-0.2, 0) is 11.2 Å². The van der Waals surface area contributed by atoms with Crippen LogP contribution in [0.4, 0.5) is 0 Å². The maximum atomic E-state index is 11.7. The highest BCUT2D eigenvalue weighted by molar-refractivity contribution is 5.88. The predicted octanol–water partition coefficient (Wildman–Crippen LogP) is 1.50. The van der Waals surface area contributed by atoms with Crippen LogP contribution in [0.2, 0.25) is 0 Å². The molecule has 0 radical (unpaired) electrons. The van der Waals surface area contributed by atoms with Crippen LogP contribution in [0.5, 0.6) is 0 Å². The Balaban J connectivity index is 2.21. The number of carbonyl (C=O) groups excluding carboxylic acids is 1. The number of Topliss-reactive ketones (excluding diaryl/α,β-unsaturated/α-hetero) is 1. The molecule has 74 valence electrons. The van der Waals surface area contributed by atoms with Crippen LogP contribution < -0.4 is 5.32 Å². The molecule has 1 aromatic rings. The molecule has 0 heterocycles. The summed E-state index contributed by atoms with van der Waals surface area (Å²) in [6, 6.07) is 8.27. The third kappa shape index (κ3) is 1.58. The van der Waals surface area contributed by atoms with Crippen molar-refractivity contribution in [2.75, 3.05) is 13.6 Å². The van der Waals surface area contributed by atoms with Crippen LogP contribution in [0.1, 0.15) is 23.5 Å². The zero-order chi connectivity index (χ0) is 9.97. The molecule has 0 fully saturated rings. The summed E-state index contributed by atoms with van der Waals surface area (Å²) < 4.78 is 0. The highest BCUT2D eigenvalue weighted by Crippen LogP contribution is 2.33. The minimum atomic E-state index is 0.138. The fraction of sp³-hybridized carbons (Fsp3) is 0.417. The summed E-state index contributed by atoms with van der Waals surface area (Å²) in [6.45, 7) is 0.485. The number of likely N-dealkylation sites (N-methyl/N-ethyl adjacent to an activating group) is 1. The van der Waals surface area contributed by atoms with Gasteiger partial charge in [0.05, 0.1) is 6.54 Å². The zero-order valence-corrected chi connectivity index (χ0v) is 8.42. The van der Waals surface area contributed by atoms with Gasteiger partial charge in [-0.3, -0.25) is 4.79 Å². The summed E-state index contributed by atoms with van der Waals surface area (Å²) in [5.74, 6) is 0.455. The number of benzene rings is 1. The molecule has 0 saturated heterocycles. The molecule has 1 N–H and O–H groups in total. The van der Waals surface area contributed by atoms with Crippen molar-refractivity contribution in [1.82, 2.24) is 5.32 Å². The second kappa shape index (κ2) is 3.93. The second-order valence-electron chi connectivity index (χ2n) is 3.79. The third-order valence-electron chi connectivity index (χ3n) is 2.87. The van der Waals surface area contributed by atoms with Gasteiger partial charge in [0.1, 0.15) is 0 Å². The SMILES string of the molecule is CNCC(=O)C1CCc2ccccc21. The van der Waals surface area contributed by atoms with Crippen LogP contribution in [0, 0.1) is 0 Å². The van der Waals surface area contributed by atoms with E-state index < -0.39 is 0 Å². The minimum absolute atomic E-state index is 0.138. The molecular weight excluding hydrogens is 174 g/mol. The quantitative estimate of drug-likeness (QED) is 0.780. The molecule has 0 aliphatic heterocycles. The van der Waals surface area contributed by atoms with E-state index in [2.05, 4.69) is 17.4 Å². The Bertz CT molecular complexity index is 346. The predicted molar refractivity (Wildman–Crippen MR) is 56.4 cm³/mol. The largest absolute Gasteiger partial charge is 0.313 e. The normalized spacial score (nSPS) is 19.4. The molecule has 2 nitrogen and oxygen atoms in total. The fourth-order valence-electron chi connectivity index (χ4n) is 2.19. The van der Waals surface area contributed by atoms with Gasteiger partial charge in [0.15, 0.2) is 5.78 Å². The first-order valence-corrected chi connectivity index (χ1v) is 5.08. The second-order valence-corrected chi connectivity index (χ2v) is 3.79. The lowest BCUT2D eigenvalue weighted by molar-refractivity contribution is -0.119. The molecule has 0 amide bonds. The summed E-state index contributed by atoms with van der Waals surface area (Å²) in [7, 11) is 1.82. The summed E-state index contributed by atoms with van der Waals surface area (Å²) in [5.41, 5.74) is 2.59. The average molecular weight is 189 g/mol. The molecule has 1 atom stereocenters. The third-order valence-corrected chi connectivity index (χ3v) is 2.87. The van der Waals surface area contributed by atoms with E-state index >= 15 is 0 Å². The van der Waals surface area contributed by atoms with Crippen molar-refractivity contribution in [2.24, 2.45) is 0 Å². The van der Waals surface area contributed by atoms with Gasteiger partial charge in [0, 0.05) is 5.92 Å². The van der Waals surface area contributed by atoms with Gasteiger partial charge in [0.2, 0.25) is 0 Å². The maximum Gasteiger partial charge on any atom is 0.154 e. The van der Waals surface area contributed by atoms with E-state index in [9.17, 15) is 4.79 Å². The lowest BCUT2D eigenvalue weighted by Crippen LogP contribution is -2.23. The van der Waals surface area contributed by atoms with Gasteiger partial charge >= 0.3 is 0 Å². The first-order valence-electron chi connectivity index (χ1n) is 5.08. The summed E-state index contributed by atoms with van der Waals surface area (Å²) in [6.07, 6.45) is 2.04. The summed E-state index contributed by atoms with van der Waals surface area (Å²) in [5, 5.41) is 2.93. The Kier molecular flexibility index (Phi) is 2.64. The number of fused-ring (bicyclic) bond motifs is 1. The highest BCUT2D eigenvalue weighted by atomic mass is 16.1. The zero-order valence-electron chi connectivity index (χ0n) is 8.42. The van der Waals surface area contributed by atoms with Gasteiger partial charge in [-0.15, -0.1) is 0 Å². The number of rotatable bonds is 3. The van der Waals surface area contributed by atoms with Crippen LogP contribution in [0.15, 0.2) is 24.3 Å². The Morgan fingerprint density at radius 2 is 2.29 bits per heavy atom. The summed E-state index contributed by atoms with van der Waals surface area (Å²) in [4.78, 5) is 11.7. The van der Waals surface area contributed by atoms with Crippen molar-refractivity contribution in [2.45, 2.75) is 18.8 Å². The van der Waals surface area contributed by atoms with Gasteiger partial charge in [-0.2, -0.15) is 0 Å². The van der Waals surface area contributed by atoms with Crippen molar-refractivity contribution < 1.29 is 4.79 Å².